The zero-order valence-corrected chi connectivity index (χ0v) is 18.7. The van der Waals surface area contributed by atoms with Crippen LogP contribution in [0.25, 0.3) is 5.82 Å². The summed E-state index contributed by atoms with van der Waals surface area (Å²) in [6.07, 6.45) is 0. The van der Waals surface area contributed by atoms with E-state index in [1.54, 1.807) is 23.7 Å². The zero-order valence-electron chi connectivity index (χ0n) is 17.1. The van der Waals surface area contributed by atoms with Crippen LogP contribution in [-0.4, -0.2) is 58.9 Å². The third-order valence-corrected chi connectivity index (χ3v) is 7.47. The van der Waals surface area contributed by atoms with E-state index in [4.69, 9.17) is 11.6 Å². The molecule has 0 unspecified atom stereocenters. The van der Waals surface area contributed by atoms with Crippen LogP contribution in [0.4, 0.5) is 5.82 Å². The van der Waals surface area contributed by atoms with E-state index in [0.29, 0.717) is 42.6 Å². The van der Waals surface area contributed by atoms with Crippen molar-refractivity contribution in [1.29, 1.82) is 0 Å². The molecule has 1 aliphatic rings. The molecule has 0 bridgehead atoms. The maximum Gasteiger partial charge on any atom is 0.243 e. The second-order valence-electron chi connectivity index (χ2n) is 7.39. The highest BCUT2D eigenvalue weighted by Crippen LogP contribution is 2.25. The summed E-state index contributed by atoms with van der Waals surface area (Å²) in [4.78, 5) is 2.30. The fourth-order valence-corrected chi connectivity index (χ4v) is 5.52. The summed E-state index contributed by atoms with van der Waals surface area (Å²) in [5.41, 5.74) is 2.60. The molecule has 4 rings (SSSR count). The van der Waals surface area contributed by atoms with E-state index in [0.717, 1.165) is 17.2 Å². The highest BCUT2D eigenvalue weighted by atomic mass is 35.5. The Morgan fingerprint density at radius 2 is 1.57 bits per heavy atom. The third-order valence-electron chi connectivity index (χ3n) is 5.19. The van der Waals surface area contributed by atoms with Crippen molar-refractivity contribution in [2.75, 3.05) is 31.1 Å². The second kappa shape index (κ2) is 7.98. The molecule has 30 heavy (non-hydrogen) atoms. The molecule has 0 atom stereocenters. The van der Waals surface area contributed by atoms with Gasteiger partial charge in [0.2, 0.25) is 10.0 Å². The normalized spacial score (nSPS) is 15.5. The van der Waals surface area contributed by atoms with Gasteiger partial charge in [0.25, 0.3) is 0 Å². The van der Waals surface area contributed by atoms with E-state index in [-0.39, 0.29) is 4.90 Å². The summed E-state index contributed by atoms with van der Waals surface area (Å²) in [6.45, 7) is 7.49. The van der Waals surface area contributed by atoms with Gasteiger partial charge in [-0.25, -0.2) is 13.1 Å². The van der Waals surface area contributed by atoms with E-state index < -0.39 is 10.0 Å². The van der Waals surface area contributed by atoms with Crippen LogP contribution in [-0.2, 0) is 10.0 Å². The van der Waals surface area contributed by atoms with Gasteiger partial charge in [-0.15, -0.1) is 10.2 Å². The molecule has 0 amide bonds. The van der Waals surface area contributed by atoms with Crippen molar-refractivity contribution in [3.8, 4) is 5.82 Å². The van der Waals surface area contributed by atoms with Crippen molar-refractivity contribution in [3.05, 3.63) is 58.4 Å². The van der Waals surface area contributed by atoms with Crippen molar-refractivity contribution in [2.45, 2.75) is 25.7 Å². The Labute approximate surface area is 181 Å². The van der Waals surface area contributed by atoms with Crippen LogP contribution < -0.4 is 4.90 Å². The minimum atomic E-state index is -3.59. The van der Waals surface area contributed by atoms with Gasteiger partial charge >= 0.3 is 0 Å². The third kappa shape index (κ3) is 3.92. The molecule has 158 valence electrons. The molecule has 1 fully saturated rings. The van der Waals surface area contributed by atoms with Gasteiger partial charge < -0.3 is 4.90 Å². The van der Waals surface area contributed by atoms with Crippen LogP contribution in [0.1, 0.15) is 17.0 Å². The molecule has 1 aliphatic heterocycles. The van der Waals surface area contributed by atoms with Crippen molar-refractivity contribution < 1.29 is 8.42 Å². The van der Waals surface area contributed by atoms with Gasteiger partial charge in [0, 0.05) is 36.9 Å². The van der Waals surface area contributed by atoms with Gasteiger partial charge in [-0.05, 0) is 56.7 Å². The van der Waals surface area contributed by atoms with Gasteiger partial charge in [0.05, 0.1) is 10.6 Å². The van der Waals surface area contributed by atoms with Gasteiger partial charge in [-0.1, -0.05) is 17.7 Å². The van der Waals surface area contributed by atoms with E-state index in [9.17, 15) is 8.42 Å². The van der Waals surface area contributed by atoms with Gasteiger partial charge in [0.1, 0.15) is 0 Å². The number of hydrogen-bond donors (Lipinski definition) is 0. The number of aromatic nitrogens is 4. The molecule has 3 aromatic rings. The van der Waals surface area contributed by atoms with Gasteiger partial charge in [0.15, 0.2) is 11.6 Å². The lowest BCUT2D eigenvalue weighted by Gasteiger charge is -2.34. The number of rotatable bonds is 4. The molecule has 0 aliphatic carbocycles. The number of benzene rings is 1. The summed E-state index contributed by atoms with van der Waals surface area (Å²) in [5, 5.41) is 13.5. The Bertz CT molecular complexity index is 1170. The van der Waals surface area contributed by atoms with Crippen molar-refractivity contribution in [2.24, 2.45) is 0 Å². The molecular formula is C20H23ClN6O2S. The van der Waals surface area contributed by atoms with Gasteiger partial charge in [-0.3, -0.25) is 0 Å². The topological polar surface area (TPSA) is 84.2 Å². The Morgan fingerprint density at radius 1 is 0.900 bits per heavy atom. The van der Waals surface area contributed by atoms with Crippen LogP contribution in [0, 0.1) is 20.8 Å². The number of hydrogen-bond acceptors (Lipinski definition) is 6. The summed E-state index contributed by atoms with van der Waals surface area (Å²) in [7, 11) is -3.59. The SMILES string of the molecule is Cc1cc(C)n(-c2ccc(N3CCN(S(=O)(=O)c4cc(Cl)ccc4C)CC3)nn2)n1. The molecule has 1 saturated heterocycles. The molecular weight excluding hydrogens is 424 g/mol. The molecule has 0 saturated carbocycles. The number of aryl methyl sites for hydroxylation is 3. The molecule has 0 spiro atoms. The van der Waals surface area contributed by atoms with E-state index >= 15 is 0 Å². The fraction of sp³-hybridized carbons (Fsp3) is 0.350. The van der Waals surface area contributed by atoms with Crippen LogP contribution >= 0.6 is 11.6 Å². The quantitative estimate of drug-likeness (QED) is 0.612. The first kappa shape index (κ1) is 20.8. The molecule has 2 aromatic heterocycles. The van der Waals surface area contributed by atoms with Crippen molar-refractivity contribution in [3.63, 3.8) is 0 Å². The standard InChI is InChI=1S/C20H23ClN6O2S/c1-14-4-5-17(21)13-18(14)30(28,29)26-10-8-25(9-11-26)19-6-7-20(23-22-19)27-16(3)12-15(2)24-27/h4-7,12-13H,8-11H2,1-3H3. The van der Waals surface area contributed by atoms with Gasteiger partial charge in [-0.2, -0.15) is 9.40 Å². The van der Waals surface area contributed by atoms with Crippen molar-refractivity contribution >= 4 is 27.4 Å². The highest BCUT2D eigenvalue weighted by molar-refractivity contribution is 7.89. The summed E-state index contributed by atoms with van der Waals surface area (Å²) >= 11 is 6.02. The Morgan fingerprint density at radius 3 is 2.17 bits per heavy atom. The van der Waals surface area contributed by atoms with E-state index in [2.05, 4.69) is 15.3 Å². The van der Waals surface area contributed by atoms with E-state index in [1.807, 2.05) is 36.9 Å². The smallest absolute Gasteiger partial charge is 0.243 e. The molecule has 10 heteroatoms. The van der Waals surface area contributed by atoms with Crippen molar-refractivity contribution in [1.82, 2.24) is 24.3 Å². The molecule has 0 N–H and O–H groups in total. The molecule has 3 heterocycles. The summed E-state index contributed by atoms with van der Waals surface area (Å²) in [6, 6.07) is 10.7. The molecule has 0 radical (unpaired) electrons. The maximum atomic E-state index is 13.0. The summed E-state index contributed by atoms with van der Waals surface area (Å²) < 4.78 is 29.4. The Balaban J connectivity index is 1.47. The van der Waals surface area contributed by atoms with Crippen LogP contribution in [0.2, 0.25) is 5.02 Å². The minimum Gasteiger partial charge on any atom is -0.352 e. The molecule has 1 aromatic carbocycles. The summed E-state index contributed by atoms with van der Waals surface area (Å²) in [5.74, 6) is 1.37. The lowest BCUT2D eigenvalue weighted by atomic mass is 10.2. The predicted octanol–water partition coefficient (Wildman–Crippen LogP) is 2.75. The predicted molar refractivity (Wildman–Crippen MR) is 116 cm³/mol. The Kier molecular flexibility index (Phi) is 5.52. The Hall–Kier alpha value is -2.49. The first-order valence-corrected chi connectivity index (χ1v) is 11.5. The van der Waals surface area contributed by atoms with E-state index in [1.165, 1.54) is 10.4 Å². The number of halogens is 1. The van der Waals surface area contributed by atoms with Crippen LogP contribution in [0.3, 0.4) is 0 Å². The largest absolute Gasteiger partial charge is 0.352 e. The number of anilines is 1. The average Bonchev–Trinajstić information content (AvgIpc) is 3.08. The first-order valence-electron chi connectivity index (χ1n) is 9.64. The maximum absolute atomic E-state index is 13.0. The number of sulfonamides is 1. The lowest BCUT2D eigenvalue weighted by molar-refractivity contribution is 0.383. The minimum absolute atomic E-state index is 0.262. The second-order valence-corrected chi connectivity index (χ2v) is 9.73. The fourth-order valence-electron chi connectivity index (χ4n) is 3.61. The average molecular weight is 447 g/mol. The zero-order chi connectivity index (χ0) is 21.5. The highest BCUT2D eigenvalue weighted by Gasteiger charge is 2.30. The first-order chi connectivity index (χ1) is 14.3. The number of piperazine rings is 1. The monoisotopic (exact) mass is 446 g/mol. The van der Waals surface area contributed by atoms with Crippen LogP contribution in [0.5, 0.6) is 0 Å². The lowest BCUT2D eigenvalue weighted by Crippen LogP contribution is -2.49. The van der Waals surface area contributed by atoms with Crippen LogP contribution in [0.15, 0.2) is 41.3 Å². The molecule has 8 nitrogen and oxygen atoms in total. The number of nitrogens with zero attached hydrogens (tertiary/aromatic N) is 6.